The van der Waals surface area contributed by atoms with Gasteiger partial charge in [0.05, 0.1) is 6.54 Å². The Labute approximate surface area is 131 Å². The number of carbonyl (C=O) groups excluding carboxylic acids is 2. The number of amides is 2. The second-order valence-corrected chi connectivity index (χ2v) is 6.06. The smallest absolute Gasteiger partial charge is 0.241 e. The van der Waals surface area contributed by atoms with E-state index in [0.717, 1.165) is 51.3 Å². The normalized spacial score (nSPS) is 19.0. The quantitative estimate of drug-likeness (QED) is 0.822. The summed E-state index contributed by atoms with van der Waals surface area (Å²) in [5.74, 6) is 0.291. The average Bonchev–Trinajstić information content (AvgIpc) is 2.54. The number of benzene rings is 1. The van der Waals surface area contributed by atoms with Gasteiger partial charge in [-0.2, -0.15) is 0 Å². The Hall–Kier alpha value is -1.88. The molecule has 22 heavy (non-hydrogen) atoms. The van der Waals surface area contributed by atoms with Gasteiger partial charge in [0.15, 0.2) is 0 Å². The maximum absolute atomic E-state index is 12.6. The molecule has 0 radical (unpaired) electrons. The summed E-state index contributed by atoms with van der Waals surface area (Å²) >= 11 is 0. The molecule has 3 rings (SSSR count). The first kappa shape index (κ1) is 15.0. The van der Waals surface area contributed by atoms with E-state index in [4.69, 9.17) is 0 Å². The fourth-order valence-electron chi connectivity index (χ4n) is 3.29. The second kappa shape index (κ2) is 6.48. The average molecular weight is 301 g/mol. The van der Waals surface area contributed by atoms with E-state index in [1.165, 1.54) is 5.56 Å². The topological polar surface area (TPSA) is 43.9 Å². The van der Waals surface area contributed by atoms with E-state index in [1.54, 1.807) is 6.92 Å². The van der Waals surface area contributed by atoms with Crippen LogP contribution in [-0.2, 0) is 16.0 Å². The molecule has 1 aromatic carbocycles. The van der Waals surface area contributed by atoms with E-state index in [9.17, 15) is 9.59 Å². The maximum Gasteiger partial charge on any atom is 0.241 e. The van der Waals surface area contributed by atoms with E-state index in [0.29, 0.717) is 6.54 Å². The van der Waals surface area contributed by atoms with Gasteiger partial charge in [0, 0.05) is 45.3 Å². The highest BCUT2D eigenvalue weighted by molar-refractivity contribution is 5.96. The van der Waals surface area contributed by atoms with Gasteiger partial charge in [-0.1, -0.05) is 18.2 Å². The number of nitrogens with zero attached hydrogens (tertiary/aromatic N) is 3. The SMILES string of the molecule is CC(=O)N1CCN(CC(=O)N2CCCc3ccccc32)CC1. The summed E-state index contributed by atoms with van der Waals surface area (Å²) in [6.45, 7) is 5.86. The van der Waals surface area contributed by atoms with Crippen LogP contribution in [0, 0.1) is 0 Å². The maximum atomic E-state index is 12.6. The van der Waals surface area contributed by atoms with Gasteiger partial charge in [-0.15, -0.1) is 0 Å². The van der Waals surface area contributed by atoms with Crippen molar-refractivity contribution in [2.75, 3.05) is 44.2 Å². The summed E-state index contributed by atoms with van der Waals surface area (Å²) in [7, 11) is 0. The molecule has 0 saturated carbocycles. The minimum Gasteiger partial charge on any atom is -0.340 e. The van der Waals surface area contributed by atoms with Crippen LogP contribution in [0.5, 0.6) is 0 Å². The molecule has 1 aromatic rings. The first-order valence-corrected chi connectivity index (χ1v) is 8.01. The summed E-state index contributed by atoms with van der Waals surface area (Å²) < 4.78 is 0. The lowest BCUT2D eigenvalue weighted by Gasteiger charge is -2.36. The molecule has 118 valence electrons. The van der Waals surface area contributed by atoms with Gasteiger partial charge in [0.2, 0.25) is 11.8 Å². The van der Waals surface area contributed by atoms with Crippen LogP contribution >= 0.6 is 0 Å². The molecule has 0 aliphatic carbocycles. The lowest BCUT2D eigenvalue weighted by atomic mass is 10.0. The Bertz CT molecular complexity index is 565. The van der Waals surface area contributed by atoms with Crippen LogP contribution in [0.4, 0.5) is 5.69 Å². The van der Waals surface area contributed by atoms with Crippen molar-refractivity contribution < 1.29 is 9.59 Å². The van der Waals surface area contributed by atoms with Gasteiger partial charge in [0.25, 0.3) is 0 Å². The number of rotatable bonds is 2. The summed E-state index contributed by atoms with van der Waals surface area (Å²) in [4.78, 5) is 29.9. The minimum absolute atomic E-state index is 0.121. The lowest BCUT2D eigenvalue weighted by molar-refractivity contribution is -0.130. The number of carbonyl (C=O) groups is 2. The molecular formula is C17H23N3O2. The fraction of sp³-hybridized carbons (Fsp3) is 0.529. The summed E-state index contributed by atoms with van der Waals surface area (Å²) in [6, 6.07) is 8.18. The van der Waals surface area contributed by atoms with Crippen molar-refractivity contribution in [2.45, 2.75) is 19.8 Å². The predicted octanol–water partition coefficient (Wildman–Crippen LogP) is 1.13. The molecule has 0 N–H and O–H groups in total. The first-order valence-electron chi connectivity index (χ1n) is 8.01. The molecule has 2 aliphatic heterocycles. The first-order chi connectivity index (χ1) is 10.6. The Morgan fingerprint density at radius 1 is 1.05 bits per heavy atom. The number of hydrogen-bond donors (Lipinski definition) is 0. The van der Waals surface area contributed by atoms with Crippen molar-refractivity contribution in [2.24, 2.45) is 0 Å². The number of para-hydroxylation sites is 1. The molecule has 1 fully saturated rings. The monoisotopic (exact) mass is 301 g/mol. The zero-order valence-electron chi connectivity index (χ0n) is 13.1. The molecule has 1 saturated heterocycles. The molecule has 0 aromatic heterocycles. The third-order valence-electron chi connectivity index (χ3n) is 4.59. The van der Waals surface area contributed by atoms with E-state index >= 15 is 0 Å². The zero-order valence-corrected chi connectivity index (χ0v) is 13.1. The van der Waals surface area contributed by atoms with Gasteiger partial charge in [0.1, 0.15) is 0 Å². The molecule has 0 atom stereocenters. The van der Waals surface area contributed by atoms with Crippen molar-refractivity contribution in [3.05, 3.63) is 29.8 Å². The van der Waals surface area contributed by atoms with Crippen LogP contribution in [0.2, 0.25) is 0 Å². The standard InChI is InChI=1S/C17H23N3O2/c1-14(21)19-11-9-18(10-12-19)13-17(22)20-8-4-6-15-5-2-3-7-16(15)20/h2-3,5,7H,4,6,8-13H2,1H3. The molecule has 2 aliphatic rings. The van der Waals surface area contributed by atoms with Crippen LogP contribution in [-0.4, -0.2) is 60.9 Å². The Kier molecular flexibility index (Phi) is 4.43. The molecule has 0 spiro atoms. The van der Waals surface area contributed by atoms with E-state index < -0.39 is 0 Å². The van der Waals surface area contributed by atoms with E-state index in [-0.39, 0.29) is 11.8 Å². The second-order valence-electron chi connectivity index (χ2n) is 6.06. The Morgan fingerprint density at radius 2 is 1.77 bits per heavy atom. The van der Waals surface area contributed by atoms with Gasteiger partial charge in [-0.05, 0) is 24.5 Å². The number of aryl methyl sites for hydroxylation is 1. The molecular weight excluding hydrogens is 278 g/mol. The van der Waals surface area contributed by atoms with Crippen LogP contribution in [0.3, 0.4) is 0 Å². The van der Waals surface area contributed by atoms with E-state index in [2.05, 4.69) is 11.0 Å². The highest BCUT2D eigenvalue weighted by Crippen LogP contribution is 2.26. The van der Waals surface area contributed by atoms with Crippen molar-refractivity contribution in [1.82, 2.24) is 9.80 Å². The predicted molar refractivity (Wildman–Crippen MR) is 85.8 cm³/mol. The third kappa shape index (κ3) is 3.14. The van der Waals surface area contributed by atoms with Crippen LogP contribution in [0.25, 0.3) is 0 Å². The van der Waals surface area contributed by atoms with Gasteiger partial charge in [-0.25, -0.2) is 0 Å². The van der Waals surface area contributed by atoms with Crippen molar-refractivity contribution in [3.63, 3.8) is 0 Å². The van der Waals surface area contributed by atoms with Crippen LogP contribution in [0.15, 0.2) is 24.3 Å². The fourth-order valence-corrected chi connectivity index (χ4v) is 3.29. The minimum atomic E-state index is 0.121. The van der Waals surface area contributed by atoms with E-state index in [1.807, 2.05) is 28.0 Å². The number of piperazine rings is 1. The molecule has 5 nitrogen and oxygen atoms in total. The van der Waals surface area contributed by atoms with Crippen LogP contribution in [0.1, 0.15) is 18.9 Å². The van der Waals surface area contributed by atoms with Gasteiger partial charge < -0.3 is 9.80 Å². The molecule has 5 heteroatoms. The van der Waals surface area contributed by atoms with Crippen molar-refractivity contribution in [3.8, 4) is 0 Å². The zero-order chi connectivity index (χ0) is 15.5. The largest absolute Gasteiger partial charge is 0.340 e. The molecule has 2 amide bonds. The van der Waals surface area contributed by atoms with Gasteiger partial charge in [-0.3, -0.25) is 14.5 Å². The van der Waals surface area contributed by atoms with Crippen molar-refractivity contribution in [1.29, 1.82) is 0 Å². The molecule has 0 unspecified atom stereocenters. The lowest BCUT2D eigenvalue weighted by Crippen LogP contribution is -2.51. The molecule has 0 bridgehead atoms. The van der Waals surface area contributed by atoms with Crippen molar-refractivity contribution >= 4 is 17.5 Å². The molecule has 2 heterocycles. The number of anilines is 1. The Balaban J connectivity index is 1.61. The number of fused-ring (bicyclic) bond motifs is 1. The Morgan fingerprint density at radius 3 is 2.50 bits per heavy atom. The highest BCUT2D eigenvalue weighted by atomic mass is 16.2. The van der Waals surface area contributed by atoms with Crippen LogP contribution < -0.4 is 4.90 Å². The third-order valence-corrected chi connectivity index (χ3v) is 4.59. The number of hydrogen-bond acceptors (Lipinski definition) is 3. The summed E-state index contributed by atoms with van der Waals surface area (Å²) in [6.07, 6.45) is 2.08. The summed E-state index contributed by atoms with van der Waals surface area (Å²) in [5, 5.41) is 0. The highest BCUT2D eigenvalue weighted by Gasteiger charge is 2.25. The summed E-state index contributed by atoms with van der Waals surface area (Å²) in [5.41, 5.74) is 2.34. The van der Waals surface area contributed by atoms with Gasteiger partial charge >= 0.3 is 0 Å².